The van der Waals surface area contributed by atoms with Crippen molar-refractivity contribution in [3.05, 3.63) is 36.8 Å². The van der Waals surface area contributed by atoms with Crippen LogP contribution in [-0.4, -0.2) is 55.3 Å². The highest BCUT2D eigenvalue weighted by molar-refractivity contribution is 6.00. The molecular weight excluding hydrogens is 408 g/mol. The molecule has 1 saturated carbocycles. The molecule has 0 radical (unpaired) electrons. The zero-order chi connectivity index (χ0) is 21.9. The van der Waals surface area contributed by atoms with Crippen molar-refractivity contribution in [2.24, 2.45) is 0 Å². The van der Waals surface area contributed by atoms with Gasteiger partial charge in [0.05, 0.1) is 23.7 Å². The van der Waals surface area contributed by atoms with Crippen LogP contribution in [0, 0.1) is 0 Å². The van der Waals surface area contributed by atoms with Gasteiger partial charge in [-0.15, -0.1) is 0 Å². The summed E-state index contributed by atoms with van der Waals surface area (Å²) < 4.78 is 14.4. The van der Waals surface area contributed by atoms with Crippen LogP contribution in [0.25, 0.3) is 22.2 Å². The van der Waals surface area contributed by atoms with Crippen LogP contribution in [0.15, 0.2) is 36.8 Å². The predicted molar refractivity (Wildman–Crippen MR) is 119 cm³/mol. The molecule has 32 heavy (non-hydrogen) atoms. The van der Waals surface area contributed by atoms with E-state index in [9.17, 15) is 10.2 Å². The van der Waals surface area contributed by atoms with Crippen LogP contribution >= 0.6 is 0 Å². The fourth-order valence-corrected chi connectivity index (χ4v) is 5.60. The number of ether oxygens (including phenoxy) is 2. The topological polar surface area (TPSA) is 116 Å². The Morgan fingerprint density at radius 1 is 1.22 bits per heavy atom. The van der Waals surface area contributed by atoms with Crippen LogP contribution in [0.3, 0.4) is 0 Å². The number of aliphatic hydroxyl groups is 2. The van der Waals surface area contributed by atoms with Gasteiger partial charge in [-0.2, -0.15) is 0 Å². The standard InChI is InChI=1S/C24H28N4O4/c25-21-20-19(11-28(22(20)27-14-26-21)16-9-23(30,10-16)12-29)15-2-1-3-18(8-15)31-13-24-6-4-17(32-24)5-7-24/h1-3,8,11,14,16-17,29-30H,4-7,9-10,12-13H2,(H2,25,26,27). The van der Waals surface area contributed by atoms with E-state index in [4.69, 9.17) is 15.2 Å². The number of hydrogen-bond acceptors (Lipinski definition) is 7. The fourth-order valence-electron chi connectivity index (χ4n) is 5.60. The average molecular weight is 437 g/mol. The molecule has 6 rings (SSSR count). The first-order valence-electron chi connectivity index (χ1n) is 11.3. The van der Waals surface area contributed by atoms with Crippen molar-refractivity contribution in [3.63, 3.8) is 0 Å². The van der Waals surface area contributed by atoms with E-state index >= 15 is 0 Å². The zero-order valence-electron chi connectivity index (χ0n) is 17.9. The van der Waals surface area contributed by atoms with E-state index in [1.165, 1.54) is 6.33 Å². The monoisotopic (exact) mass is 436 g/mol. The Kier molecular flexibility index (Phi) is 4.47. The van der Waals surface area contributed by atoms with Crippen molar-refractivity contribution in [1.29, 1.82) is 0 Å². The van der Waals surface area contributed by atoms with Crippen LogP contribution in [0.5, 0.6) is 5.75 Å². The third-order valence-corrected chi connectivity index (χ3v) is 7.47. The van der Waals surface area contributed by atoms with Crippen LogP contribution in [-0.2, 0) is 4.74 Å². The van der Waals surface area contributed by atoms with Crippen molar-refractivity contribution < 1.29 is 19.7 Å². The summed E-state index contributed by atoms with van der Waals surface area (Å²) in [7, 11) is 0. The quantitative estimate of drug-likeness (QED) is 0.544. The van der Waals surface area contributed by atoms with E-state index in [-0.39, 0.29) is 18.2 Å². The van der Waals surface area contributed by atoms with Crippen LogP contribution < -0.4 is 10.5 Å². The van der Waals surface area contributed by atoms with Gasteiger partial charge in [-0.1, -0.05) is 12.1 Å². The van der Waals surface area contributed by atoms with E-state index < -0.39 is 5.60 Å². The second-order valence-electron chi connectivity index (χ2n) is 9.67. The van der Waals surface area contributed by atoms with E-state index in [0.29, 0.717) is 31.4 Å². The molecule has 0 amide bonds. The number of benzene rings is 1. The molecule has 1 aliphatic carbocycles. The SMILES string of the molecule is Nc1ncnc2c1c(-c1cccc(OCC34CCC(CC3)O4)c1)cn2C1CC(O)(CO)C1. The van der Waals surface area contributed by atoms with Crippen molar-refractivity contribution >= 4 is 16.9 Å². The Balaban J connectivity index is 1.32. The van der Waals surface area contributed by atoms with Gasteiger partial charge in [0.2, 0.25) is 0 Å². The van der Waals surface area contributed by atoms with Crippen molar-refractivity contribution in [2.75, 3.05) is 18.9 Å². The third kappa shape index (κ3) is 3.17. The smallest absolute Gasteiger partial charge is 0.146 e. The highest BCUT2D eigenvalue weighted by Gasteiger charge is 2.47. The maximum Gasteiger partial charge on any atom is 0.146 e. The lowest BCUT2D eigenvalue weighted by atomic mass is 9.76. The maximum atomic E-state index is 10.3. The van der Waals surface area contributed by atoms with Crippen molar-refractivity contribution in [1.82, 2.24) is 14.5 Å². The number of fused-ring (bicyclic) bond motifs is 3. The van der Waals surface area contributed by atoms with Crippen LogP contribution in [0.1, 0.15) is 44.6 Å². The molecule has 2 saturated heterocycles. The molecule has 0 spiro atoms. The summed E-state index contributed by atoms with van der Waals surface area (Å²) in [5, 5.41) is 20.5. The Morgan fingerprint density at radius 2 is 2.03 bits per heavy atom. The third-order valence-electron chi connectivity index (χ3n) is 7.47. The molecule has 2 aliphatic heterocycles. The molecule has 1 aromatic carbocycles. The van der Waals surface area contributed by atoms with Gasteiger partial charge in [-0.3, -0.25) is 0 Å². The molecule has 3 aromatic rings. The summed E-state index contributed by atoms with van der Waals surface area (Å²) in [6, 6.07) is 8.04. The van der Waals surface area contributed by atoms with Gasteiger partial charge >= 0.3 is 0 Å². The van der Waals surface area contributed by atoms with E-state index in [0.717, 1.165) is 53.6 Å². The first-order chi connectivity index (χ1) is 15.5. The Bertz CT molecular complexity index is 1160. The summed E-state index contributed by atoms with van der Waals surface area (Å²) in [5.41, 5.74) is 7.76. The van der Waals surface area contributed by atoms with Crippen LogP contribution in [0.2, 0.25) is 0 Å². The summed E-state index contributed by atoms with van der Waals surface area (Å²) in [5.74, 6) is 1.22. The lowest BCUT2D eigenvalue weighted by Gasteiger charge is -2.43. The van der Waals surface area contributed by atoms with Gasteiger partial charge in [-0.25, -0.2) is 9.97 Å². The molecule has 8 nitrogen and oxygen atoms in total. The normalized spacial score (nSPS) is 31.2. The molecule has 0 unspecified atom stereocenters. The number of nitrogens with two attached hydrogens (primary N) is 1. The molecule has 8 heteroatoms. The number of rotatable bonds is 6. The lowest BCUT2D eigenvalue weighted by molar-refractivity contribution is -0.101. The van der Waals surface area contributed by atoms with E-state index in [1.807, 2.05) is 35.0 Å². The van der Waals surface area contributed by atoms with Gasteiger partial charge < -0.3 is 30.0 Å². The predicted octanol–water partition coefficient (Wildman–Crippen LogP) is 2.83. The van der Waals surface area contributed by atoms with Gasteiger partial charge in [0.25, 0.3) is 0 Å². The molecule has 4 N–H and O–H groups in total. The Hall–Kier alpha value is -2.68. The highest BCUT2D eigenvalue weighted by Crippen LogP contribution is 2.46. The second-order valence-corrected chi connectivity index (χ2v) is 9.67. The minimum absolute atomic E-state index is 0.0473. The second kappa shape index (κ2) is 7.16. The van der Waals surface area contributed by atoms with E-state index in [1.54, 1.807) is 0 Å². The van der Waals surface area contributed by atoms with Crippen molar-refractivity contribution in [2.45, 2.75) is 61.9 Å². The molecular formula is C24H28N4O4. The van der Waals surface area contributed by atoms with Gasteiger partial charge in [0.15, 0.2) is 0 Å². The van der Waals surface area contributed by atoms with Gasteiger partial charge in [0, 0.05) is 17.8 Å². The average Bonchev–Trinajstić information content (AvgIpc) is 3.50. The maximum absolute atomic E-state index is 10.3. The molecule has 3 fully saturated rings. The summed E-state index contributed by atoms with van der Waals surface area (Å²) in [6.45, 7) is 0.333. The number of aromatic nitrogens is 3. The number of nitrogens with zero attached hydrogens (tertiary/aromatic N) is 3. The number of aliphatic hydroxyl groups excluding tert-OH is 1. The molecule has 2 bridgehead atoms. The Morgan fingerprint density at radius 3 is 2.75 bits per heavy atom. The summed E-state index contributed by atoms with van der Waals surface area (Å²) >= 11 is 0. The molecule has 2 aromatic heterocycles. The van der Waals surface area contributed by atoms with Crippen molar-refractivity contribution in [3.8, 4) is 16.9 Å². The minimum atomic E-state index is -1.02. The van der Waals surface area contributed by atoms with E-state index in [2.05, 4.69) is 9.97 Å². The number of nitrogen functional groups attached to an aromatic ring is 1. The van der Waals surface area contributed by atoms with Gasteiger partial charge in [-0.05, 0) is 56.2 Å². The molecule has 168 valence electrons. The molecule has 4 heterocycles. The lowest BCUT2D eigenvalue weighted by Crippen LogP contribution is -2.47. The zero-order valence-corrected chi connectivity index (χ0v) is 17.9. The summed E-state index contributed by atoms with van der Waals surface area (Å²) in [4.78, 5) is 8.69. The highest BCUT2D eigenvalue weighted by atomic mass is 16.6. The van der Waals surface area contributed by atoms with Gasteiger partial charge in [0.1, 0.15) is 35.7 Å². The molecule has 3 aliphatic rings. The Labute approximate surface area is 186 Å². The number of hydrogen-bond donors (Lipinski definition) is 3. The summed E-state index contributed by atoms with van der Waals surface area (Å²) in [6.07, 6.45) is 9.26. The molecule has 0 atom stereocenters. The fraction of sp³-hybridized carbons (Fsp3) is 0.500. The first kappa shape index (κ1) is 20.0. The largest absolute Gasteiger partial charge is 0.491 e. The first-order valence-corrected chi connectivity index (χ1v) is 11.3. The number of anilines is 1. The van der Waals surface area contributed by atoms with Crippen LogP contribution in [0.4, 0.5) is 5.82 Å². The minimum Gasteiger partial charge on any atom is -0.491 e.